The predicted molar refractivity (Wildman–Crippen MR) is 95.4 cm³/mol. The van der Waals surface area contributed by atoms with E-state index in [1.165, 1.54) is 4.90 Å². The van der Waals surface area contributed by atoms with Crippen molar-refractivity contribution in [1.82, 2.24) is 15.5 Å². The number of nitrogens with one attached hydrogen (secondary N) is 2. The third kappa shape index (κ3) is 5.56. The summed E-state index contributed by atoms with van der Waals surface area (Å²) in [5.41, 5.74) is 10.4. The van der Waals surface area contributed by atoms with E-state index in [2.05, 4.69) is 15.6 Å². The Balaban J connectivity index is 1.93. The summed E-state index contributed by atoms with van der Waals surface area (Å²) in [5.74, 6) is -2.21. The van der Waals surface area contributed by atoms with Crippen LogP contribution in [0, 0.1) is 0 Å². The Labute approximate surface area is 156 Å². The minimum Gasteiger partial charge on any atom is -0.480 e. The molecule has 11 heteroatoms. The summed E-state index contributed by atoms with van der Waals surface area (Å²) in [7, 11) is 0. The number of hydrogen-bond donors (Lipinski definition) is 5. The van der Waals surface area contributed by atoms with Crippen LogP contribution in [0.1, 0.15) is 38.5 Å². The van der Waals surface area contributed by atoms with Crippen molar-refractivity contribution in [3.05, 3.63) is 0 Å². The van der Waals surface area contributed by atoms with Crippen LogP contribution < -0.4 is 22.1 Å². The molecule has 3 atom stereocenters. The second-order valence-corrected chi connectivity index (χ2v) is 6.70. The van der Waals surface area contributed by atoms with Gasteiger partial charge in [-0.2, -0.15) is 0 Å². The van der Waals surface area contributed by atoms with Gasteiger partial charge in [0, 0.05) is 19.5 Å². The van der Waals surface area contributed by atoms with E-state index in [0.717, 1.165) is 0 Å². The van der Waals surface area contributed by atoms with Gasteiger partial charge < -0.3 is 32.1 Å². The zero-order valence-electron chi connectivity index (χ0n) is 15.0. The molecular weight excluding hydrogens is 356 g/mol. The van der Waals surface area contributed by atoms with Crippen LogP contribution in [0.15, 0.2) is 4.99 Å². The van der Waals surface area contributed by atoms with E-state index in [0.29, 0.717) is 32.2 Å². The monoisotopic (exact) mass is 382 g/mol. The Hall–Kier alpha value is -2.85. The number of amides is 3. The van der Waals surface area contributed by atoms with Gasteiger partial charge in [0.25, 0.3) is 0 Å². The molecule has 2 rings (SSSR count). The summed E-state index contributed by atoms with van der Waals surface area (Å²) in [6.45, 7) is 0.670. The minimum absolute atomic E-state index is 0.0787. The molecule has 0 bridgehead atoms. The maximum Gasteiger partial charge on any atom is 0.326 e. The van der Waals surface area contributed by atoms with Crippen molar-refractivity contribution in [2.75, 3.05) is 13.1 Å². The van der Waals surface area contributed by atoms with E-state index in [1.807, 2.05) is 0 Å². The summed E-state index contributed by atoms with van der Waals surface area (Å²) in [6.07, 6.45) is 2.35. The highest BCUT2D eigenvalue weighted by Gasteiger charge is 2.40. The number of carboxylic acids is 1. The lowest BCUT2D eigenvalue weighted by atomic mass is 10.1. The lowest BCUT2D eigenvalue weighted by Gasteiger charge is -2.27. The number of rotatable bonds is 8. The van der Waals surface area contributed by atoms with Crippen molar-refractivity contribution in [3.63, 3.8) is 0 Å². The summed E-state index contributed by atoms with van der Waals surface area (Å²) in [5, 5.41) is 14.4. The number of guanidine groups is 1. The van der Waals surface area contributed by atoms with Crippen LogP contribution in [0.5, 0.6) is 0 Å². The lowest BCUT2D eigenvalue weighted by molar-refractivity contribution is -0.144. The molecule has 0 aromatic carbocycles. The molecule has 0 aromatic rings. The molecule has 27 heavy (non-hydrogen) atoms. The van der Waals surface area contributed by atoms with E-state index < -0.39 is 30.0 Å². The summed E-state index contributed by atoms with van der Waals surface area (Å²) < 4.78 is 0. The topological polar surface area (TPSA) is 180 Å². The fourth-order valence-corrected chi connectivity index (χ4v) is 3.33. The number of hydrogen-bond acceptors (Lipinski definition) is 5. The SMILES string of the molecule is NC(N)=NCCC[C@H](NC(=O)[C@@H]1CCCN1C(=O)[C@@H]1CCC(=O)N1)C(=O)O. The Morgan fingerprint density at radius 2 is 2.07 bits per heavy atom. The largest absolute Gasteiger partial charge is 0.480 e. The first-order valence-corrected chi connectivity index (χ1v) is 8.98. The fraction of sp³-hybridized carbons (Fsp3) is 0.688. The molecule has 7 N–H and O–H groups in total. The summed E-state index contributed by atoms with van der Waals surface area (Å²) in [6, 6.07) is -2.43. The highest BCUT2D eigenvalue weighted by atomic mass is 16.4. The average Bonchev–Trinajstić information content (AvgIpc) is 3.25. The number of likely N-dealkylation sites (tertiary alicyclic amines) is 1. The smallest absolute Gasteiger partial charge is 0.326 e. The van der Waals surface area contributed by atoms with Crippen molar-refractivity contribution < 1.29 is 24.3 Å². The number of carbonyl (C=O) groups is 4. The Bertz CT molecular complexity index is 633. The number of nitrogens with two attached hydrogens (primary N) is 2. The number of carboxylic acid groups (broad SMARTS) is 1. The molecule has 0 aromatic heterocycles. The predicted octanol–water partition coefficient (Wildman–Crippen LogP) is -2.12. The maximum absolute atomic E-state index is 12.6. The normalized spacial score (nSPS) is 22.8. The first-order valence-electron chi connectivity index (χ1n) is 8.98. The zero-order valence-corrected chi connectivity index (χ0v) is 15.0. The molecule has 150 valence electrons. The van der Waals surface area contributed by atoms with Gasteiger partial charge in [0.15, 0.2) is 5.96 Å². The van der Waals surface area contributed by atoms with Crippen molar-refractivity contribution in [3.8, 4) is 0 Å². The van der Waals surface area contributed by atoms with Crippen LogP contribution in [-0.2, 0) is 19.2 Å². The van der Waals surface area contributed by atoms with Crippen LogP contribution in [0.2, 0.25) is 0 Å². The number of carbonyl (C=O) groups excluding carboxylic acids is 3. The van der Waals surface area contributed by atoms with Crippen LogP contribution in [-0.4, -0.2) is 70.9 Å². The fourth-order valence-electron chi connectivity index (χ4n) is 3.33. The van der Waals surface area contributed by atoms with Crippen LogP contribution >= 0.6 is 0 Å². The Morgan fingerprint density at radius 1 is 1.33 bits per heavy atom. The maximum atomic E-state index is 12.6. The van der Waals surface area contributed by atoms with E-state index in [4.69, 9.17) is 11.5 Å². The van der Waals surface area contributed by atoms with Crippen molar-refractivity contribution >= 4 is 29.7 Å². The molecule has 2 saturated heterocycles. The van der Waals surface area contributed by atoms with Crippen LogP contribution in [0.4, 0.5) is 0 Å². The standard InChI is InChI=1S/C16H26N6O5/c17-16(18)19-7-1-3-10(15(26)27)21-13(24)11-4-2-8-22(11)14(25)9-5-6-12(23)20-9/h9-11H,1-8H2,(H,20,23)(H,21,24)(H,26,27)(H4,17,18,19)/t9-,10-,11-/m0/s1. The van der Waals surface area contributed by atoms with Gasteiger partial charge in [0.1, 0.15) is 18.1 Å². The van der Waals surface area contributed by atoms with Gasteiger partial charge in [0.2, 0.25) is 17.7 Å². The molecular formula is C16H26N6O5. The van der Waals surface area contributed by atoms with Crippen LogP contribution in [0.25, 0.3) is 0 Å². The first kappa shape index (κ1) is 20.5. The molecule has 0 spiro atoms. The third-order valence-electron chi connectivity index (χ3n) is 4.69. The van der Waals surface area contributed by atoms with Crippen molar-refractivity contribution in [2.45, 2.75) is 56.7 Å². The van der Waals surface area contributed by atoms with Gasteiger partial charge in [-0.3, -0.25) is 19.4 Å². The highest BCUT2D eigenvalue weighted by molar-refractivity contribution is 5.95. The molecule has 2 aliphatic rings. The number of aliphatic imine (C=N–C) groups is 1. The van der Waals surface area contributed by atoms with Gasteiger partial charge in [-0.1, -0.05) is 0 Å². The van der Waals surface area contributed by atoms with E-state index in [9.17, 15) is 24.3 Å². The van der Waals surface area contributed by atoms with E-state index in [-0.39, 0.29) is 37.2 Å². The van der Waals surface area contributed by atoms with Crippen molar-refractivity contribution in [2.24, 2.45) is 16.5 Å². The molecule has 3 amide bonds. The van der Waals surface area contributed by atoms with Gasteiger partial charge in [-0.05, 0) is 32.1 Å². The Kier molecular flexibility index (Phi) is 6.97. The third-order valence-corrected chi connectivity index (χ3v) is 4.69. The quantitative estimate of drug-likeness (QED) is 0.181. The first-order chi connectivity index (χ1) is 12.8. The average molecular weight is 382 g/mol. The molecule has 0 saturated carbocycles. The Morgan fingerprint density at radius 3 is 2.67 bits per heavy atom. The highest BCUT2D eigenvalue weighted by Crippen LogP contribution is 2.21. The van der Waals surface area contributed by atoms with Crippen LogP contribution in [0.3, 0.4) is 0 Å². The van der Waals surface area contributed by atoms with E-state index in [1.54, 1.807) is 0 Å². The second-order valence-electron chi connectivity index (χ2n) is 6.70. The number of aliphatic carboxylic acids is 1. The van der Waals surface area contributed by atoms with E-state index >= 15 is 0 Å². The second kappa shape index (κ2) is 9.19. The van der Waals surface area contributed by atoms with Gasteiger partial charge in [-0.15, -0.1) is 0 Å². The summed E-state index contributed by atoms with van der Waals surface area (Å²) in [4.78, 5) is 53.1. The summed E-state index contributed by atoms with van der Waals surface area (Å²) >= 11 is 0. The molecule has 2 heterocycles. The zero-order chi connectivity index (χ0) is 20.0. The molecule has 0 aliphatic carbocycles. The van der Waals surface area contributed by atoms with Gasteiger partial charge in [-0.25, -0.2) is 4.79 Å². The molecule has 0 radical (unpaired) electrons. The van der Waals surface area contributed by atoms with Gasteiger partial charge >= 0.3 is 5.97 Å². The molecule has 2 fully saturated rings. The van der Waals surface area contributed by atoms with Gasteiger partial charge in [0.05, 0.1) is 0 Å². The lowest BCUT2D eigenvalue weighted by Crippen LogP contribution is -2.54. The molecule has 11 nitrogen and oxygen atoms in total. The van der Waals surface area contributed by atoms with Crippen molar-refractivity contribution in [1.29, 1.82) is 0 Å². The molecule has 0 unspecified atom stereocenters. The minimum atomic E-state index is -1.16. The number of nitrogens with zero attached hydrogens (tertiary/aromatic N) is 2. The molecule has 2 aliphatic heterocycles.